The van der Waals surface area contributed by atoms with E-state index in [1.165, 1.54) is 0 Å². The fourth-order valence-electron chi connectivity index (χ4n) is 5.46. The van der Waals surface area contributed by atoms with Crippen LogP contribution >= 0.6 is 0 Å². The summed E-state index contributed by atoms with van der Waals surface area (Å²) in [6.07, 6.45) is 7.21. The third-order valence-electron chi connectivity index (χ3n) is 7.57. The average Bonchev–Trinajstić information content (AvgIpc) is 3.11. The Labute approximate surface area is 272 Å². The Morgan fingerprint density at radius 1 is 0.311 bits per heavy atom. The summed E-state index contributed by atoms with van der Waals surface area (Å²) in [4.78, 5) is 17.4. The third kappa shape index (κ3) is 5.74. The monoisotopic (exact) mass is 667 g/mol. The molecule has 1 aliphatic rings. The van der Waals surface area contributed by atoms with Gasteiger partial charge in [0.1, 0.15) is 0 Å². The summed E-state index contributed by atoms with van der Waals surface area (Å²) < 4.78 is 0. The Hall–Kier alpha value is -5.52. The molecule has 4 heterocycles. The van der Waals surface area contributed by atoms with E-state index in [2.05, 4.69) is 68.5 Å². The molecule has 4 aromatic heterocycles. The molecule has 0 amide bonds. The topological polar surface area (TPSA) is 96.2 Å². The van der Waals surface area contributed by atoms with Gasteiger partial charge in [-0.3, -0.25) is 19.9 Å². The molecule has 0 saturated heterocycles. The van der Waals surface area contributed by atoms with Crippen molar-refractivity contribution >= 4 is 55.0 Å². The van der Waals surface area contributed by atoms with Crippen LogP contribution in [0.4, 0.5) is 0 Å². The number of hydrogen-bond acceptors (Lipinski definition) is 4. The maximum Gasteiger partial charge on any atom is 3.00 e. The first-order valence-corrected chi connectivity index (χ1v) is 14.2. The molecule has 0 unspecified atom stereocenters. The second kappa shape index (κ2) is 13.0. The molecule has 0 spiro atoms. The molecule has 214 valence electrons. The van der Waals surface area contributed by atoms with Gasteiger partial charge in [0.05, 0.1) is 22.1 Å². The number of hydrogen-bond donors (Lipinski definition) is 0. The van der Waals surface area contributed by atoms with Gasteiger partial charge in [-0.05, 0) is 46.5 Å². The van der Waals surface area contributed by atoms with E-state index in [1.54, 1.807) is 36.9 Å². The molecule has 0 N–H and O–H groups in total. The summed E-state index contributed by atoms with van der Waals surface area (Å²) >= 11 is 0. The van der Waals surface area contributed by atoms with E-state index in [0.29, 0.717) is 11.1 Å². The first kappa shape index (κ1) is 29.6. The second-order valence-corrected chi connectivity index (χ2v) is 10.2. The molecule has 0 fully saturated rings. The average molecular weight is 668 g/mol. The van der Waals surface area contributed by atoms with Crippen molar-refractivity contribution in [2.45, 2.75) is 0 Å². The Bertz CT molecular complexity index is 2070. The van der Waals surface area contributed by atoms with E-state index < -0.39 is 0 Å². The van der Waals surface area contributed by atoms with Gasteiger partial charge in [0, 0.05) is 46.3 Å². The van der Waals surface area contributed by atoms with Crippen molar-refractivity contribution in [2.24, 2.45) is 0 Å². The van der Waals surface area contributed by atoms with Crippen molar-refractivity contribution < 1.29 is 19.5 Å². The maximum absolute atomic E-state index is 9.91. The van der Waals surface area contributed by atoms with Crippen LogP contribution in [0, 0.1) is 0 Å². The van der Waals surface area contributed by atoms with Crippen molar-refractivity contribution in [3.8, 4) is 11.1 Å². The van der Waals surface area contributed by atoms with Crippen molar-refractivity contribution in [2.75, 3.05) is 0 Å². The molecule has 0 bridgehead atoms. The van der Waals surface area contributed by atoms with Gasteiger partial charge in [0.2, 0.25) is 0 Å². The minimum atomic E-state index is -0.0469. The Kier molecular flexibility index (Phi) is 8.54. The van der Waals surface area contributed by atoms with E-state index >= 15 is 0 Å². The van der Waals surface area contributed by atoms with Gasteiger partial charge >= 0.3 is 19.5 Å². The number of aromatic nitrogens is 4. The van der Waals surface area contributed by atoms with Crippen molar-refractivity contribution in [1.29, 1.82) is 0 Å². The van der Waals surface area contributed by atoms with Crippen LogP contribution in [0.3, 0.4) is 0 Å². The first-order chi connectivity index (χ1) is 21.7. The Morgan fingerprint density at radius 2 is 0.578 bits per heavy atom. The molecule has 4 aromatic carbocycles. The molecule has 7 heteroatoms. The van der Waals surface area contributed by atoms with Crippen LogP contribution in [0.15, 0.2) is 146 Å². The maximum atomic E-state index is 9.91. The molecule has 8 aromatic rings. The fraction of sp³-hybridized carbons (Fsp3) is 0. The minimum absolute atomic E-state index is 0. The summed E-state index contributed by atoms with van der Waals surface area (Å²) in [5.74, 6) is 0. The third-order valence-corrected chi connectivity index (χ3v) is 7.57. The molecular formula is C38H24N6Rh+. The van der Waals surface area contributed by atoms with Crippen LogP contribution in [0.25, 0.3) is 65.6 Å². The van der Waals surface area contributed by atoms with E-state index in [9.17, 15) is 10.8 Å². The van der Waals surface area contributed by atoms with Gasteiger partial charge in [-0.25, -0.2) is 0 Å². The first-order valence-electron chi connectivity index (χ1n) is 14.2. The smallest absolute Gasteiger partial charge is 0.804 e. The van der Waals surface area contributed by atoms with Crippen molar-refractivity contribution in [1.82, 2.24) is 19.9 Å². The summed E-state index contributed by atoms with van der Waals surface area (Å²) in [5.41, 5.74) is 7.08. The van der Waals surface area contributed by atoms with Crippen LogP contribution in [0.1, 0.15) is 11.1 Å². The predicted octanol–water partition coefficient (Wildman–Crippen LogP) is 8.65. The van der Waals surface area contributed by atoms with Gasteiger partial charge < -0.3 is 10.8 Å². The standard InChI is InChI=1S/C14H8N2.2C12H8N2.Rh/c15-13-11-7-3-1-5-9(11)10-6-2-4-8-12(10)14(13)16;2*1-3-9-5-6-10-4-2-8-14-12(10)11(9)13-7-1;/h1-8H;2*1-8H;/q-2;;;+3. The van der Waals surface area contributed by atoms with Gasteiger partial charge in [-0.2, -0.15) is 11.4 Å². The molecule has 6 nitrogen and oxygen atoms in total. The van der Waals surface area contributed by atoms with Crippen molar-refractivity contribution in [3.63, 3.8) is 0 Å². The molecule has 0 radical (unpaired) electrons. The number of pyridine rings is 4. The number of rotatable bonds is 0. The van der Waals surface area contributed by atoms with Crippen LogP contribution in [-0.2, 0) is 19.5 Å². The molecular weight excluding hydrogens is 643 g/mol. The van der Waals surface area contributed by atoms with Crippen molar-refractivity contribution in [3.05, 3.63) is 168 Å². The number of fused-ring (bicyclic) bond motifs is 9. The molecule has 0 aliphatic heterocycles. The van der Waals surface area contributed by atoms with Crippen LogP contribution < -0.4 is 0 Å². The summed E-state index contributed by atoms with van der Waals surface area (Å²) in [6, 6.07) is 39.3. The summed E-state index contributed by atoms with van der Waals surface area (Å²) in [5, 5.41) is 24.4. The predicted molar refractivity (Wildman–Crippen MR) is 181 cm³/mol. The molecule has 0 atom stereocenters. The zero-order valence-corrected chi connectivity index (χ0v) is 25.5. The molecule has 0 saturated carbocycles. The SMILES string of the molecule is [N-]=C1C(=[N-])c2ccccc2-c2ccccc21.[Rh+3].c1cnc2c(c1)ccc1cccnc12.c1cnc2c(c1)ccc1cccnc12. The summed E-state index contributed by atoms with van der Waals surface area (Å²) in [6.45, 7) is 0. The van der Waals surface area contributed by atoms with E-state index in [1.807, 2.05) is 60.7 Å². The largest absolute Gasteiger partial charge is 3.00 e. The second-order valence-electron chi connectivity index (χ2n) is 10.2. The van der Waals surface area contributed by atoms with Gasteiger partial charge in [0.25, 0.3) is 0 Å². The molecule has 45 heavy (non-hydrogen) atoms. The number of nitrogens with zero attached hydrogens (tertiary/aromatic N) is 6. The van der Waals surface area contributed by atoms with Crippen LogP contribution in [0.2, 0.25) is 0 Å². The van der Waals surface area contributed by atoms with Gasteiger partial charge in [0.15, 0.2) is 0 Å². The minimum Gasteiger partial charge on any atom is -0.804 e. The Balaban J connectivity index is 0.000000118. The summed E-state index contributed by atoms with van der Waals surface area (Å²) in [7, 11) is 0. The molecule has 1 aliphatic carbocycles. The normalized spacial score (nSPS) is 11.5. The van der Waals surface area contributed by atoms with E-state index in [4.69, 9.17) is 0 Å². The fourth-order valence-corrected chi connectivity index (χ4v) is 5.46. The quantitative estimate of drug-likeness (QED) is 0.119. The molecule has 9 rings (SSSR count). The van der Waals surface area contributed by atoms with Crippen LogP contribution in [0.5, 0.6) is 0 Å². The van der Waals surface area contributed by atoms with Crippen LogP contribution in [-0.4, -0.2) is 31.4 Å². The number of benzene rings is 4. The zero-order chi connectivity index (χ0) is 29.9. The van der Waals surface area contributed by atoms with E-state index in [0.717, 1.165) is 54.7 Å². The van der Waals surface area contributed by atoms with E-state index in [-0.39, 0.29) is 30.9 Å². The van der Waals surface area contributed by atoms with Gasteiger partial charge in [-0.15, -0.1) is 0 Å². The Morgan fingerprint density at radius 3 is 0.867 bits per heavy atom. The zero-order valence-electron chi connectivity index (χ0n) is 23.9. The van der Waals surface area contributed by atoms with Gasteiger partial charge in [-0.1, -0.05) is 97.1 Å².